The first-order valence-corrected chi connectivity index (χ1v) is 25.1. The highest BCUT2D eigenvalue weighted by molar-refractivity contribution is 7.27. The second kappa shape index (κ2) is 12.8. The van der Waals surface area contributed by atoms with Gasteiger partial charge in [0.2, 0.25) is 0 Å². The van der Waals surface area contributed by atoms with Crippen LogP contribution in [-0.2, 0) is 16.2 Å². The summed E-state index contributed by atoms with van der Waals surface area (Å²) in [5, 5.41) is 10.3. The Labute approximate surface area is 393 Å². The first-order valence-electron chi connectivity index (χ1n) is 23.4. The Morgan fingerprint density at radius 1 is 0.485 bits per heavy atom. The van der Waals surface area contributed by atoms with Gasteiger partial charge >= 0.3 is 6.85 Å². The summed E-state index contributed by atoms with van der Waals surface area (Å²) in [5.74, 6) is 0. The zero-order valence-corrected chi connectivity index (χ0v) is 40.5. The highest BCUT2D eigenvalue weighted by Crippen LogP contribution is 2.55. The van der Waals surface area contributed by atoms with Crippen LogP contribution in [0.2, 0.25) is 0 Å². The number of furan rings is 1. The SMILES string of the molecule is CC(C)(C)c1ccc(N2B3c4cc5c(cc4-n4c6ccc(C(C)(C)C)cc6c6c7sc8ccccc8c7c(c3c64)-c3cc4sc6ccc(C(C)(C)C)cc6c4cc32)oc2ccccc25)cc1. The molecular formula is C60H49BN2OS2. The first-order chi connectivity index (χ1) is 31.6. The average molecular weight is 889 g/mol. The quantitative estimate of drug-likeness (QED) is 0.153. The number of rotatable bonds is 1. The number of para-hydroxylation sites is 1. The molecule has 3 nitrogen and oxygen atoms in total. The molecule has 0 amide bonds. The van der Waals surface area contributed by atoms with E-state index in [0.29, 0.717) is 0 Å². The summed E-state index contributed by atoms with van der Waals surface area (Å²) in [6, 6.07) is 51.6. The molecule has 0 unspecified atom stereocenters. The van der Waals surface area contributed by atoms with Gasteiger partial charge in [0, 0.05) is 90.6 Å². The zero-order chi connectivity index (χ0) is 44.9. The molecule has 0 saturated heterocycles. The van der Waals surface area contributed by atoms with E-state index in [9.17, 15) is 0 Å². The summed E-state index contributed by atoms with van der Waals surface area (Å²) in [6.45, 7) is 20.8. The van der Waals surface area contributed by atoms with Crippen molar-refractivity contribution in [3.05, 3.63) is 150 Å². The van der Waals surface area contributed by atoms with Crippen molar-refractivity contribution in [1.29, 1.82) is 0 Å². The number of fused-ring (bicyclic) bond motifs is 19. The molecule has 2 aliphatic rings. The molecule has 2 aliphatic heterocycles. The molecule has 0 atom stereocenters. The Morgan fingerprint density at radius 3 is 1.89 bits per heavy atom. The summed E-state index contributed by atoms with van der Waals surface area (Å²) in [4.78, 5) is 2.72. The van der Waals surface area contributed by atoms with E-state index in [1.807, 2.05) is 22.7 Å². The van der Waals surface area contributed by atoms with Crippen LogP contribution in [0.3, 0.4) is 0 Å². The first kappa shape index (κ1) is 38.9. The van der Waals surface area contributed by atoms with Gasteiger partial charge in [0.1, 0.15) is 11.2 Å². The van der Waals surface area contributed by atoms with E-state index in [1.165, 1.54) is 118 Å². The van der Waals surface area contributed by atoms with Crippen molar-refractivity contribution in [3.63, 3.8) is 0 Å². The van der Waals surface area contributed by atoms with E-state index in [4.69, 9.17) is 4.42 Å². The minimum atomic E-state index is -0.141. The summed E-state index contributed by atoms with van der Waals surface area (Å²) < 4.78 is 14.7. The molecule has 66 heavy (non-hydrogen) atoms. The Bertz CT molecular complexity index is 4120. The molecule has 12 aromatic rings. The number of hydrogen-bond acceptors (Lipinski definition) is 4. The molecule has 320 valence electrons. The Morgan fingerprint density at radius 2 is 1.14 bits per heavy atom. The molecule has 0 bridgehead atoms. The van der Waals surface area contributed by atoms with Crippen molar-refractivity contribution in [1.82, 2.24) is 4.57 Å². The average Bonchev–Trinajstić information content (AvgIpc) is 4.04. The van der Waals surface area contributed by atoms with Crippen LogP contribution in [0.15, 0.2) is 138 Å². The fourth-order valence-corrected chi connectivity index (χ4v) is 14.0. The molecule has 6 heteroatoms. The monoisotopic (exact) mass is 888 g/mol. The molecule has 14 rings (SSSR count). The van der Waals surface area contributed by atoms with Crippen molar-refractivity contribution in [2.24, 2.45) is 0 Å². The maximum atomic E-state index is 6.77. The maximum absolute atomic E-state index is 6.77. The molecule has 6 heterocycles. The summed E-state index contributed by atoms with van der Waals surface area (Å²) in [5.41, 5.74) is 17.4. The molecule has 0 N–H and O–H groups in total. The smallest absolute Gasteiger partial charge is 0.333 e. The molecule has 8 aromatic carbocycles. The highest BCUT2D eigenvalue weighted by atomic mass is 32.1. The van der Waals surface area contributed by atoms with Crippen molar-refractivity contribution in [3.8, 4) is 16.8 Å². The second-order valence-corrected chi connectivity index (χ2v) is 24.3. The zero-order valence-electron chi connectivity index (χ0n) is 38.9. The third-order valence-corrected chi connectivity index (χ3v) is 17.3. The van der Waals surface area contributed by atoms with E-state index in [0.717, 1.165) is 21.9 Å². The van der Waals surface area contributed by atoms with Crippen LogP contribution in [0.4, 0.5) is 11.4 Å². The van der Waals surface area contributed by atoms with Crippen LogP contribution in [0, 0.1) is 0 Å². The molecular weight excluding hydrogens is 840 g/mol. The molecule has 4 aromatic heterocycles. The van der Waals surface area contributed by atoms with Gasteiger partial charge in [-0.3, -0.25) is 0 Å². The van der Waals surface area contributed by atoms with Crippen molar-refractivity contribution in [2.45, 2.75) is 78.6 Å². The van der Waals surface area contributed by atoms with Crippen molar-refractivity contribution in [2.75, 3.05) is 4.81 Å². The molecule has 0 fully saturated rings. The van der Waals surface area contributed by atoms with Gasteiger partial charge in [-0.05, 0) is 110 Å². The Kier molecular flexibility index (Phi) is 7.52. The topological polar surface area (TPSA) is 21.3 Å². The van der Waals surface area contributed by atoms with Gasteiger partial charge in [0.15, 0.2) is 0 Å². The predicted octanol–water partition coefficient (Wildman–Crippen LogP) is 16.5. The lowest BCUT2D eigenvalue weighted by molar-refractivity contribution is 0.590. The summed E-state index contributed by atoms with van der Waals surface area (Å²) >= 11 is 3.89. The highest BCUT2D eigenvalue weighted by Gasteiger charge is 2.46. The van der Waals surface area contributed by atoms with Crippen LogP contribution in [0.1, 0.15) is 79.0 Å². The van der Waals surface area contributed by atoms with Gasteiger partial charge in [0.05, 0.1) is 11.0 Å². The summed E-state index contributed by atoms with van der Waals surface area (Å²) in [6.07, 6.45) is 0. The van der Waals surface area contributed by atoms with E-state index in [1.54, 1.807) is 0 Å². The fraction of sp³-hybridized carbons (Fsp3) is 0.200. The van der Waals surface area contributed by atoms with Crippen LogP contribution < -0.4 is 15.7 Å². The van der Waals surface area contributed by atoms with Crippen LogP contribution >= 0.6 is 22.7 Å². The normalized spacial score (nSPS) is 14.1. The lowest BCUT2D eigenvalue weighted by Crippen LogP contribution is -2.60. The van der Waals surface area contributed by atoms with Gasteiger partial charge in [-0.15, -0.1) is 22.7 Å². The molecule has 0 aliphatic carbocycles. The van der Waals surface area contributed by atoms with Gasteiger partial charge in [-0.1, -0.05) is 129 Å². The van der Waals surface area contributed by atoms with Crippen molar-refractivity contribution < 1.29 is 4.42 Å². The Hall–Kier alpha value is -6.34. The van der Waals surface area contributed by atoms with Crippen LogP contribution in [0.5, 0.6) is 0 Å². The van der Waals surface area contributed by atoms with Gasteiger partial charge in [-0.25, -0.2) is 0 Å². The predicted molar refractivity (Wildman–Crippen MR) is 289 cm³/mol. The largest absolute Gasteiger partial charge is 0.456 e. The summed E-state index contributed by atoms with van der Waals surface area (Å²) in [7, 11) is 0. The number of thiophene rings is 2. The van der Waals surface area contributed by atoms with E-state index in [2.05, 4.69) is 205 Å². The number of hydrogen-bond donors (Lipinski definition) is 0. The van der Waals surface area contributed by atoms with E-state index in [-0.39, 0.29) is 23.1 Å². The van der Waals surface area contributed by atoms with Gasteiger partial charge in [-0.2, -0.15) is 0 Å². The van der Waals surface area contributed by atoms with Gasteiger partial charge in [0.25, 0.3) is 0 Å². The fourth-order valence-electron chi connectivity index (χ4n) is 11.6. The third kappa shape index (κ3) is 5.15. The van der Waals surface area contributed by atoms with Crippen LogP contribution in [-0.4, -0.2) is 11.4 Å². The maximum Gasteiger partial charge on any atom is 0.333 e. The lowest BCUT2D eigenvalue weighted by atomic mass is 9.43. The molecule has 0 saturated carbocycles. The number of aromatic nitrogens is 1. The second-order valence-electron chi connectivity index (χ2n) is 22.1. The van der Waals surface area contributed by atoms with Gasteiger partial charge < -0.3 is 13.8 Å². The molecule has 0 radical (unpaired) electrons. The minimum Gasteiger partial charge on any atom is -0.456 e. The van der Waals surface area contributed by atoms with Crippen molar-refractivity contribution >= 4 is 136 Å². The number of anilines is 2. The molecule has 0 spiro atoms. The lowest BCUT2D eigenvalue weighted by Gasteiger charge is -2.42. The number of benzene rings is 8. The van der Waals surface area contributed by atoms with E-state index >= 15 is 0 Å². The number of nitrogens with zero attached hydrogens (tertiary/aromatic N) is 2. The Balaban J connectivity index is 1.23. The third-order valence-electron chi connectivity index (χ3n) is 15.0. The van der Waals surface area contributed by atoms with E-state index < -0.39 is 0 Å². The standard InChI is InChI=1S/C60H49BN2OS2/c1-58(2,3)32-18-22-35(23-19-32)63-45-29-40-39-26-34(60(7,8)9)21-25-50(39)65-51(40)30-42(45)52-53-37-15-11-13-17-49(37)66-57(53)54-41-27-33(59(4,5)6)20-24-44(41)62-46-31-48-38(36-14-10-12-16-47(36)64-48)28-43(46)61(63)55(52)56(54)62/h10-31H,1-9H3. The minimum absolute atomic E-state index is 0.0185. The van der Waals surface area contributed by atoms with Crippen LogP contribution in [0.25, 0.3) is 101 Å².